The van der Waals surface area contributed by atoms with Crippen molar-refractivity contribution in [3.8, 4) is 6.07 Å². The number of benzene rings is 2. The summed E-state index contributed by atoms with van der Waals surface area (Å²) in [7, 11) is 0. The molecular weight excluding hydrogens is 170 g/mol. The van der Waals surface area contributed by atoms with Crippen LogP contribution in [-0.2, 0) is 6.42 Å². The van der Waals surface area contributed by atoms with Crippen LogP contribution >= 0.6 is 0 Å². The third kappa shape index (κ3) is 1.60. The van der Waals surface area contributed by atoms with Crippen LogP contribution in [0.1, 0.15) is 5.56 Å². The van der Waals surface area contributed by atoms with Crippen LogP contribution in [0.5, 0.6) is 0 Å². The van der Waals surface area contributed by atoms with Crippen molar-refractivity contribution in [2.45, 2.75) is 6.42 Å². The van der Waals surface area contributed by atoms with E-state index >= 15 is 0 Å². The summed E-state index contributed by atoms with van der Waals surface area (Å²) in [6, 6.07) is 16.5. The van der Waals surface area contributed by atoms with Gasteiger partial charge >= 0.3 is 0 Å². The molecule has 0 amide bonds. The molecule has 0 bridgehead atoms. The van der Waals surface area contributed by atoms with Gasteiger partial charge in [0.2, 0.25) is 0 Å². The number of hydrogen-bond donors (Lipinski definition) is 0. The van der Waals surface area contributed by atoms with Crippen molar-refractivity contribution in [1.82, 2.24) is 0 Å². The molecule has 0 saturated carbocycles. The van der Waals surface area contributed by atoms with Crippen molar-refractivity contribution in [2.75, 3.05) is 0 Å². The third-order valence-electron chi connectivity index (χ3n) is 2.29. The summed E-state index contributed by atoms with van der Waals surface area (Å²) in [6.07, 6.45) is 2.35. The maximum absolute atomic E-state index is 8.49. The van der Waals surface area contributed by atoms with Crippen LogP contribution in [0.4, 0.5) is 0 Å². The fourth-order valence-electron chi connectivity index (χ4n) is 1.63. The predicted octanol–water partition coefficient (Wildman–Crippen LogP) is 3.11. The van der Waals surface area contributed by atoms with E-state index in [-0.39, 0.29) is 0 Å². The van der Waals surface area contributed by atoms with Gasteiger partial charge in [0.15, 0.2) is 0 Å². The molecule has 0 N–H and O–H groups in total. The van der Waals surface area contributed by atoms with E-state index in [1.165, 1.54) is 16.3 Å². The first-order chi connectivity index (χ1) is 6.92. The molecule has 0 heterocycles. The molecule has 1 radical (unpaired) electrons. The molecule has 0 aromatic heterocycles. The minimum absolute atomic E-state index is 0.720. The second-order valence-corrected chi connectivity index (χ2v) is 3.18. The van der Waals surface area contributed by atoms with Gasteiger partial charge < -0.3 is 0 Å². The highest BCUT2D eigenvalue weighted by Crippen LogP contribution is 2.19. The fraction of sp³-hybridized carbons (Fsp3) is 0.0769. The molecule has 0 atom stereocenters. The normalized spacial score (nSPS) is 9.93. The first-order valence-electron chi connectivity index (χ1n) is 4.60. The van der Waals surface area contributed by atoms with E-state index < -0.39 is 0 Å². The summed E-state index contributed by atoms with van der Waals surface area (Å²) in [5.41, 5.74) is 1.21. The summed E-state index contributed by atoms with van der Waals surface area (Å²) in [5, 5.41) is 11.0. The molecule has 0 saturated heterocycles. The molecule has 0 aliphatic carbocycles. The standard InChI is InChI=1S/C13H10N/c14-10-4-8-12-7-3-6-11-5-1-2-9-13(11)12/h1-7,9H,8H2. The SMILES string of the molecule is N#C[CH]Cc1cccc2ccccc12. The lowest BCUT2D eigenvalue weighted by Gasteiger charge is -2.03. The Kier molecular flexibility index (Phi) is 2.46. The number of fused-ring (bicyclic) bond motifs is 1. The van der Waals surface area contributed by atoms with Crippen molar-refractivity contribution in [3.63, 3.8) is 0 Å². The van der Waals surface area contributed by atoms with E-state index in [1.807, 2.05) is 18.2 Å². The maximum atomic E-state index is 8.49. The van der Waals surface area contributed by atoms with Gasteiger partial charge in [-0.2, -0.15) is 5.26 Å². The Morgan fingerprint density at radius 1 is 1.07 bits per heavy atom. The first-order valence-corrected chi connectivity index (χ1v) is 4.60. The molecule has 2 rings (SSSR count). The highest BCUT2D eigenvalue weighted by Gasteiger charge is 1.98. The molecule has 0 aliphatic heterocycles. The lowest BCUT2D eigenvalue weighted by atomic mass is 10.0. The number of hydrogen-bond acceptors (Lipinski definition) is 1. The quantitative estimate of drug-likeness (QED) is 0.696. The van der Waals surface area contributed by atoms with Crippen LogP contribution in [0.3, 0.4) is 0 Å². The van der Waals surface area contributed by atoms with Crippen LogP contribution in [0, 0.1) is 17.8 Å². The van der Waals surface area contributed by atoms with Crippen molar-refractivity contribution < 1.29 is 0 Å². The highest BCUT2D eigenvalue weighted by molar-refractivity contribution is 5.85. The zero-order valence-electron chi connectivity index (χ0n) is 7.77. The van der Waals surface area contributed by atoms with E-state index in [1.54, 1.807) is 6.42 Å². The molecule has 0 aliphatic rings. The Morgan fingerprint density at radius 3 is 2.71 bits per heavy atom. The van der Waals surface area contributed by atoms with Crippen LogP contribution in [-0.4, -0.2) is 0 Å². The zero-order valence-corrected chi connectivity index (χ0v) is 7.77. The van der Waals surface area contributed by atoms with E-state index in [9.17, 15) is 0 Å². The van der Waals surface area contributed by atoms with Crippen LogP contribution < -0.4 is 0 Å². The monoisotopic (exact) mass is 180 g/mol. The van der Waals surface area contributed by atoms with Crippen molar-refractivity contribution in [1.29, 1.82) is 5.26 Å². The van der Waals surface area contributed by atoms with E-state index in [2.05, 4.69) is 30.3 Å². The van der Waals surface area contributed by atoms with Crippen molar-refractivity contribution in [3.05, 3.63) is 54.4 Å². The average Bonchev–Trinajstić information content (AvgIpc) is 2.26. The Morgan fingerprint density at radius 2 is 1.86 bits per heavy atom. The lowest BCUT2D eigenvalue weighted by Crippen LogP contribution is -1.86. The first kappa shape index (κ1) is 8.77. The molecule has 2 aromatic carbocycles. The minimum Gasteiger partial charge on any atom is -0.198 e. The van der Waals surface area contributed by atoms with Gasteiger partial charge in [0, 0.05) is 0 Å². The van der Waals surface area contributed by atoms with Gasteiger partial charge in [0.05, 0.1) is 12.5 Å². The Balaban J connectivity index is 2.49. The topological polar surface area (TPSA) is 23.8 Å². The molecule has 2 aromatic rings. The second-order valence-electron chi connectivity index (χ2n) is 3.18. The highest BCUT2D eigenvalue weighted by atomic mass is 14.2. The van der Waals surface area contributed by atoms with Gasteiger partial charge in [-0.25, -0.2) is 0 Å². The third-order valence-corrected chi connectivity index (χ3v) is 2.29. The zero-order chi connectivity index (χ0) is 9.80. The van der Waals surface area contributed by atoms with Gasteiger partial charge in [0.1, 0.15) is 0 Å². The van der Waals surface area contributed by atoms with E-state index in [4.69, 9.17) is 5.26 Å². The summed E-state index contributed by atoms with van der Waals surface area (Å²) < 4.78 is 0. The Labute approximate surface area is 83.6 Å². The summed E-state index contributed by atoms with van der Waals surface area (Å²) in [6.45, 7) is 0. The average molecular weight is 180 g/mol. The Bertz CT molecular complexity index is 475. The summed E-state index contributed by atoms with van der Waals surface area (Å²) in [5.74, 6) is 0. The molecule has 1 nitrogen and oxygen atoms in total. The molecule has 0 fully saturated rings. The molecular formula is C13H10N. The van der Waals surface area contributed by atoms with Gasteiger partial charge in [-0.3, -0.25) is 0 Å². The fourth-order valence-corrected chi connectivity index (χ4v) is 1.63. The van der Waals surface area contributed by atoms with Crippen LogP contribution in [0.25, 0.3) is 10.8 Å². The number of rotatable bonds is 2. The molecule has 14 heavy (non-hydrogen) atoms. The molecule has 0 unspecified atom stereocenters. The summed E-state index contributed by atoms with van der Waals surface area (Å²) >= 11 is 0. The number of nitriles is 1. The summed E-state index contributed by atoms with van der Waals surface area (Å²) in [4.78, 5) is 0. The van der Waals surface area contributed by atoms with Gasteiger partial charge in [-0.05, 0) is 22.8 Å². The van der Waals surface area contributed by atoms with E-state index in [0.717, 1.165) is 6.42 Å². The number of nitrogens with zero attached hydrogens (tertiary/aromatic N) is 1. The van der Waals surface area contributed by atoms with Crippen molar-refractivity contribution >= 4 is 10.8 Å². The molecule has 0 spiro atoms. The maximum Gasteiger partial charge on any atom is 0.0673 e. The minimum atomic E-state index is 0.720. The van der Waals surface area contributed by atoms with Gasteiger partial charge in [-0.1, -0.05) is 42.5 Å². The Hall–Kier alpha value is -1.81. The molecule has 67 valence electrons. The largest absolute Gasteiger partial charge is 0.198 e. The predicted molar refractivity (Wildman–Crippen MR) is 57.6 cm³/mol. The van der Waals surface area contributed by atoms with E-state index in [0.29, 0.717) is 0 Å². The smallest absolute Gasteiger partial charge is 0.0673 e. The lowest BCUT2D eigenvalue weighted by molar-refractivity contribution is 1.22. The van der Waals surface area contributed by atoms with Crippen LogP contribution in [0.2, 0.25) is 0 Å². The van der Waals surface area contributed by atoms with Crippen molar-refractivity contribution in [2.24, 2.45) is 0 Å². The van der Waals surface area contributed by atoms with Gasteiger partial charge in [0.25, 0.3) is 0 Å². The molecule has 1 heteroatoms. The second kappa shape index (κ2) is 3.93. The van der Waals surface area contributed by atoms with Gasteiger partial charge in [-0.15, -0.1) is 0 Å². The van der Waals surface area contributed by atoms with Crippen LogP contribution in [0.15, 0.2) is 42.5 Å².